The number of hydrogen-bond donors (Lipinski definition) is 0. The molecule has 0 heterocycles. The molecule has 0 aromatic heterocycles. The van der Waals surface area contributed by atoms with Crippen molar-refractivity contribution in [3.8, 4) is 0 Å². The molecular weight excluding hydrogens is 319 g/mol. The first-order valence-electron chi connectivity index (χ1n) is 7.65. The van der Waals surface area contributed by atoms with E-state index in [0.717, 1.165) is 11.8 Å². The van der Waals surface area contributed by atoms with Crippen LogP contribution in [0.1, 0.15) is 78.6 Å². The molecular formula is C16H32I+. The zero-order valence-electron chi connectivity index (χ0n) is 12.1. The Labute approximate surface area is 122 Å². The summed E-state index contributed by atoms with van der Waals surface area (Å²) in [4.78, 5) is 0. The van der Waals surface area contributed by atoms with Gasteiger partial charge in [0.2, 0.25) is 0 Å². The highest BCUT2D eigenvalue weighted by Crippen LogP contribution is 2.32. The number of alkyl halides is 1. The fourth-order valence-corrected chi connectivity index (χ4v) is 3.85. The monoisotopic (exact) mass is 351 g/mol. The van der Waals surface area contributed by atoms with Crippen molar-refractivity contribution < 1.29 is 22.6 Å². The van der Waals surface area contributed by atoms with Crippen LogP contribution in [0.3, 0.4) is 0 Å². The number of rotatable bonds is 7. The Hall–Kier alpha value is 0.730. The standard InChI is InChI=1S/C16H32I/c1-4-16(2,3)12-6-5-7-14-8-10-15(13-17)11-9-14/h14-15,17H,4-13H2,1-3H3/q+1. The predicted molar refractivity (Wildman–Crippen MR) is 74.3 cm³/mol. The van der Waals surface area contributed by atoms with E-state index in [0.29, 0.717) is 5.41 Å². The Morgan fingerprint density at radius 1 is 1.00 bits per heavy atom. The molecule has 0 aliphatic heterocycles. The molecule has 1 aliphatic carbocycles. The smallest absolute Gasteiger partial charge is 0.0649 e. The third kappa shape index (κ3) is 6.45. The van der Waals surface area contributed by atoms with Gasteiger partial charge in [-0.1, -0.05) is 59.3 Å². The van der Waals surface area contributed by atoms with Gasteiger partial charge in [0, 0.05) is 5.92 Å². The zero-order chi connectivity index (χ0) is 12.7. The molecule has 0 saturated heterocycles. The fourth-order valence-electron chi connectivity index (χ4n) is 2.90. The quantitative estimate of drug-likeness (QED) is 0.374. The van der Waals surface area contributed by atoms with E-state index in [2.05, 4.69) is 43.4 Å². The van der Waals surface area contributed by atoms with Crippen molar-refractivity contribution >= 4 is 0 Å². The molecule has 0 N–H and O–H groups in total. The maximum absolute atomic E-state index is 2.42. The molecule has 0 bridgehead atoms. The largest absolute Gasteiger partial charge is 0.252 e. The zero-order valence-corrected chi connectivity index (χ0v) is 14.5. The Balaban J connectivity index is 2.04. The summed E-state index contributed by atoms with van der Waals surface area (Å²) in [5.74, 6) is 2.14. The van der Waals surface area contributed by atoms with Crippen molar-refractivity contribution in [1.29, 1.82) is 0 Å². The van der Waals surface area contributed by atoms with E-state index in [9.17, 15) is 0 Å². The second-order valence-electron chi connectivity index (χ2n) is 6.82. The molecule has 0 aromatic carbocycles. The summed E-state index contributed by atoms with van der Waals surface area (Å²) in [5.41, 5.74) is 0.584. The van der Waals surface area contributed by atoms with Gasteiger partial charge in [-0.25, -0.2) is 0 Å². The lowest BCUT2D eigenvalue weighted by molar-refractivity contribution is -0.380. The molecule has 1 rings (SSSR count). The molecule has 0 atom stereocenters. The summed E-state index contributed by atoms with van der Waals surface area (Å²) in [5, 5.41) is 0. The molecule has 1 fully saturated rings. The van der Waals surface area contributed by atoms with Crippen LogP contribution in [0.2, 0.25) is 0 Å². The van der Waals surface area contributed by atoms with Gasteiger partial charge in [0.15, 0.2) is 0 Å². The maximum atomic E-state index is 2.42. The van der Waals surface area contributed by atoms with Gasteiger partial charge < -0.3 is 0 Å². The van der Waals surface area contributed by atoms with Crippen LogP contribution in [-0.4, -0.2) is 4.43 Å². The van der Waals surface area contributed by atoms with Crippen molar-refractivity contribution in [2.75, 3.05) is 4.43 Å². The Morgan fingerprint density at radius 3 is 2.12 bits per heavy atom. The molecule has 0 aromatic rings. The van der Waals surface area contributed by atoms with Crippen molar-refractivity contribution in [1.82, 2.24) is 0 Å². The van der Waals surface area contributed by atoms with Gasteiger partial charge >= 0.3 is 0 Å². The fraction of sp³-hybridized carbons (Fsp3) is 1.00. The van der Waals surface area contributed by atoms with Gasteiger partial charge in [-0.2, -0.15) is 0 Å². The Kier molecular flexibility index (Phi) is 7.44. The average molecular weight is 351 g/mol. The maximum Gasteiger partial charge on any atom is 0.252 e. The van der Waals surface area contributed by atoms with Crippen LogP contribution in [0.5, 0.6) is 0 Å². The normalized spacial score (nSPS) is 26.1. The van der Waals surface area contributed by atoms with Crippen LogP contribution in [0.4, 0.5) is 0 Å². The first-order valence-corrected chi connectivity index (χ1v) is 9.30. The van der Waals surface area contributed by atoms with Crippen molar-refractivity contribution in [2.45, 2.75) is 78.6 Å². The molecule has 0 radical (unpaired) electrons. The van der Waals surface area contributed by atoms with Gasteiger partial charge in [-0.05, 0) is 30.6 Å². The lowest BCUT2D eigenvalue weighted by atomic mass is 9.79. The molecule has 0 spiro atoms. The van der Waals surface area contributed by atoms with Crippen molar-refractivity contribution in [2.24, 2.45) is 17.3 Å². The molecule has 17 heavy (non-hydrogen) atoms. The number of hydrogen-bond acceptors (Lipinski definition) is 0. The van der Waals surface area contributed by atoms with Crippen LogP contribution in [-0.2, 0) is 0 Å². The van der Waals surface area contributed by atoms with Crippen molar-refractivity contribution in [3.63, 3.8) is 0 Å². The van der Waals surface area contributed by atoms with Crippen LogP contribution >= 0.6 is 0 Å². The summed E-state index contributed by atoms with van der Waals surface area (Å²) >= 11 is 2.29. The van der Waals surface area contributed by atoms with E-state index in [-0.39, 0.29) is 0 Å². The number of unbranched alkanes of at least 4 members (excludes halogenated alkanes) is 1. The highest BCUT2D eigenvalue weighted by molar-refractivity contribution is 4.72. The van der Waals surface area contributed by atoms with Gasteiger partial charge in [0.1, 0.15) is 4.43 Å². The second kappa shape index (κ2) is 8.01. The molecule has 1 heteroatoms. The van der Waals surface area contributed by atoms with Crippen molar-refractivity contribution in [3.05, 3.63) is 0 Å². The highest BCUT2D eigenvalue weighted by Gasteiger charge is 2.22. The van der Waals surface area contributed by atoms with E-state index >= 15 is 0 Å². The number of halogens is 1. The minimum Gasteiger partial charge on any atom is -0.0649 e. The molecule has 0 amide bonds. The van der Waals surface area contributed by atoms with E-state index in [1.54, 1.807) is 0 Å². The third-order valence-electron chi connectivity index (χ3n) is 4.88. The summed E-state index contributed by atoms with van der Waals surface area (Å²) < 4.78 is 1.42. The Bertz CT molecular complexity index is 190. The minimum atomic E-state index is 0.584. The lowest BCUT2D eigenvalue weighted by Gasteiger charge is -2.27. The van der Waals surface area contributed by atoms with Crippen LogP contribution in [0.25, 0.3) is 0 Å². The Morgan fingerprint density at radius 2 is 1.59 bits per heavy atom. The van der Waals surface area contributed by atoms with Gasteiger partial charge in [-0.15, -0.1) is 0 Å². The third-order valence-corrected chi connectivity index (χ3v) is 6.22. The first kappa shape index (κ1) is 15.8. The van der Waals surface area contributed by atoms with E-state index in [1.807, 2.05) is 0 Å². The minimum absolute atomic E-state index is 0.584. The topological polar surface area (TPSA) is 0 Å². The van der Waals surface area contributed by atoms with Gasteiger partial charge in [0.05, 0.1) is 0 Å². The predicted octanol–water partition coefficient (Wildman–Crippen LogP) is 2.07. The van der Waals surface area contributed by atoms with Gasteiger partial charge in [0.25, 0.3) is 22.6 Å². The average Bonchev–Trinajstić information content (AvgIpc) is 2.35. The summed E-state index contributed by atoms with van der Waals surface area (Å²) in [6, 6.07) is 0. The van der Waals surface area contributed by atoms with Gasteiger partial charge in [-0.3, -0.25) is 0 Å². The van der Waals surface area contributed by atoms with Crippen LogP contribution in [0.15, 0.2) is 0 Å². The molecule has 0 nitrogen and oxygen atoms in total. The summed E-state index contributed by atoms with van der Waals surface area (Å²) in [7, 11) is 0. The van der Waals surface area contributed by atoms with E-state index in [1.165, 1.54) is 62.2 Å². The molecule has 102 valence electrons. The molecule has 1 aliphatic rings. The van der Waals surface area contributed by atoms with Crippen LogP contribution < -0.4 is 22.6 Å². The summed E-state index contributed by atoms with van der Waals surface area (Å²) in [6.45, 7) is 7.16. The molecule has 1 saturated carbocycles. The van der Waals surface area contributed by atoms with E-state index in [4.69, 9.17) is 0 Å². The lowest BCUT2D eigenvalue weighted by Crippen LogP contribution is -3.36. The SMILES string of the molecule is CCC(C)(C)CCCCC1CCC(C[IH+])CC1. The second-order valence-corrected chi connectivity index (χ2v) is 7.77. The first-order chi connectivity index (χ1) is 8.07. The van der Waals surface area contributed by atoms with Crippen LogP contribution in [0, 0.1) is 17.3 Å². The molecule has 0 unspecified atom stereocenters. The highest BCUT2D eigenvalue weighted by atomic mass is 127. The van der Waals surface area contributed by atoms with E-state index < -0.39 is 0 Å². The summed E-state index contributed by atoms with van der Waals surface area (Å²) in [6.07, 6.45) is 13.3.